The van der Waals surface area contributed by atoms with Gasteiger partial charge in [0, 0.05) is 30.3 Å². The molecule has 7 nitrogen and oxygen atoms in total. The number of aromatic nitrogens is 1. The summed E-state index contributed by atoms with van der Waals surface area (Å²) in [5.74, 6) is -10.1. The topological polar surface area (TPSA) is 91.6 Å². The Kier molecular flexibility index (Phi) is 12.3. The van der Waals surface area contributed by atoms with Crippen LogP contribution in [-0.2, 0) is 28.1 Å². The van der Waals surface area contributed by atoms with Gasteiger partial charge in [0.25, 0.3) is 11.5 Å². The third kappa shape index (κ3) is 9.23. The lowest BCUT2D eigenvalue weighted by Gasteiger charge is -2.30. The van der Waals surface area contributed by atoms with Gasteiger partial charge >= 0.3 is 12.1 Å². The fourth-order valence-corrected chi connectivity index (χ4v) is 6.93. The number of carbonyl (C=O) groups is 2. The van der Waals surface area contributed by atoms with Gasteiger partial charge in [-0.25, -0.2) is 17.6 Å². The van der Waals surface area contributed by atoms with Crippen molar-refractivity contribution in [1.82, 2.24) is 14.8 Å². The third-order valence-corrected chi connectivity index (χ3v) is 9.37. The molecule has 3 aromatic rings. The maximum Gasteiger partial charge on any atom is 0.416 e. The molecular weight excluding hydrogens is 695 g/mol. The average Bonchev–Trinajstić information content (AvgIpc) is 2.96. The van der Waals surface area contributed by atoms with Gasteiger partial charge < -0.3 is 19.9 Å². The quantitative estimate of drug-likeness (QED) is 0.162. The van der Waals surface area contributed by atoms with Crippen LogP contribution >= 0.6 is 0 Å². The Hall–Kier alpha value is -4.20. The Labute approximate surface area is 297 Å². The SMILES string of the molecule is Cc1cc(C)c(-c2cc(C(C)(F)F)c(F)c([C@H](CC(=O)O)NC(=O)[C@H](CC(C)C)n3cc(CCCN4CCC4)c(C(F)(F)F)cc3=O)c2F)c(C)c1. The van der Waals surface area contributed by atoms with E-state index in [0.29, 0.717) is 43.1 Å². The zero-order valence-electron chi connectivity index (χ0n) is 30.0. The number of amides is 1. The molecule has 1 aromatic heterocycles. The third-order valence-electron chi connectivity index (χ3n) is 9.37. The Bertz CT molecular complexity index is 1850. The Morgan fingerprint density at radius 1 is 0.942 bits per heavy atom. The number of benzene rings is 2. The first-order valence-corrected chi connectivity index (χ1v) is 17.1. The molecule has 0 radical (unpaired) electrons. The van der Waals surface area contributed by atoms with Gasteiger partial charge in [0.2, 0.25) is 5.91 Å². The zero-order chi connectivity index (χ0) is 38.9. The van der Waals surface area contributed by atoms with E-state index in [-0.39, 0.29) is 29.9 Å². The molecule has 1 aliphatic heterocycles. The van der Waals surface area contributed by atoms with Gasteiger partial charge in [-0.05, 0) is 100 Å². The number of aryl methyl sites for hydroxylation is 4. The minimum absolute atomic E-state index is 0.0711. The van der Waals surface area contributed by atoms with Crippen LogP contribution in [0.2, 0.25) is 0 Å². The lowest BCUT2D eigenvalue weighted by Crippen LogP contribution is -2.41. The summed E-state index contributed by atoms with van der Waals surface area (Å²) < 4.78 is 106. The van der Waals surface area contributed by atoms with Crippen LogP contribution in [0.25, 0.3) is 11.1 Å². The molecule has 1 amide bonds. The molecule has 4 rings (SSSR count). The fraction of sp³-hybridized carbons (Fsp3) is 0.500. The summed E-state index contributed by atoms with van der Waals surface area (Å²) in [5, 5.41) is 12.1. The second-order valence-corrected chi connectivity index (χ2v) is 14.2. The molecule has 1 aliphatic rings. The van der Waals surface area contributed by atoms with Gasteiger partial charge in [0.1, 0.15) is 17.7 Å². The Balaban J connectivity index is 1.86. The maximum atomic E-state index is 16.6. The van der Waals surface area contributed by atoms with Crippen LogP contribution in [0.4, 0.5) is 30.7 Å². The molecule has 52 heavy (non-hydrogen) atoms. The molecule has 2 heterocycles. The molecule has 0 spiro atoms. The first kappa shape index (κ1) is 40.6. The summed E-state index contributed by atoms with van der Waals surface area (Å²) in [5.41, 5.74) is -3.46. The maximum absolute atomic E-state index is 16.6. The van der Waals surface area contributed by atoms with Crippen molar-refractivity contribution < 1.29 is 45.4 Å². The minimum atomic E-state index is -4.87. The molecule has 0 unspecified atom stereocenters. The number of halogens is 7. The van der Waals surface area contributed by atoms with Gasteiger partial charge in [-0.2, -0.15) is 13.2 Å². The van der Waals surface area contributed by atoms with Gasteiger partial charge in [-0.1, -0.05) is 31.5 Å². The van der Waals surface area contributed by atoms with E-state index in [2.05, 4.69) is 10.2 Å². The van der Waals surface area contributed by atoms with E-state index in [0.717, 1.165) is 35.8 Å². The van der Waals surface area contributed by atoms with Crippen molar-refractivity contribution in [1.29, 1.82) is 0 Å². The van der Waals surface area contributed by atoms with Crippen LogP contribution in [0, 0.1) is 38.3 Å². The van der Waals surface area contributed by atoms with Crippen molar-refractivity contribution >= 4 is 11.9 Å². The van der Waals surface area contributed by atoms with E-state index in [9.17, 15) is 41.4 Å². The highest BCUT2D eigenvalue weighted by atomic mass is 19.4. The number of rotatable bonds is 14. The number of nitrogens with one attached hydrogen (secondary N) is 1. The predicted octanol–water partition coefficient (Wildman–Crippen LogP) is 8.41. The number of carboxylic acids is 1. The summed E-state index contributed by atoms with van der Waals surface area (Å²) in [6.45, 7) is 10.9. The smallest absolute Gasteiger partial charge is 0.416 e. The molecule has 0 bridgehead atoms. The fourth-order valence-electron chi connectivity index (χ4n) is 6.93. The zero-order valence-corrected chi connectivity index (χ0v) is 30.0. The lowest BCUT2D eigenvalue weighted by molar-refractivity contribution is -0.139. The summed E-state index contributed by atoms with van der Waals surface area (Å²) in [4.78, 5) is 41.5. The van der Waals surface area contributed by atoms with E-state index in [1.165, 1.54) is 0 Å². The van der Waals surface area contributed by atoms with Gasteiger partial charge in [-0.15, -0.1) is 0 Å². The molecular formula is C38H44F7N3O4. The molecule has 14 heteroatoms. The van der Waals surface area contributed by atoms with Crippen molar-refractivity contribution in [3.63, 3.8) is 0 Å². The van der Waals surface area contributed by atoms with E-state index >= 15 is 8.78 Å². The Morgan fingerprint density at radius 2 is 1.56 bits per heavy atom. The molecule has 2 N–H and O–H groups in total. The molecule has 1 fully saturated rings. The summed E-state index contributed by atoms with van der Waals surface area (Å²) in [6, 6.07) is 0.798. The normalized spacial score (nSPS) is 15.0. The largest absolute Gasteiger partial charge is 0.481 e. The average molecular weight is 740 g/mol. The number of nitrogens with zero attached hydrogens (tertiary/aromatic N) is 2. The van der Waals surface area contributed by atoms with Gasteiger partial charge in [0.15, 0.2) is 0 Å². The molecule has 0 saturated carbocycles. The van der Waals surface area contributed by atoms with E-state index < -0.39 is 81.9 Å². The Morgan fingerprint density at radius 3 is 2.06 bits per heavy atom. The second-order valence-electron chi connectivity index (χ2n) is 14.2. The number of carboxylic acid groups (broad SMARTS) is 1. The van der Waals surface area contributed by atoms with Crippen LogP contribution in [0.5, 0.6) is 0 Å². The number of aliphatic carboxylic acids is 1. The summed E-state index contributed by atoms with van der Waals surface area (Å²) in [6.07, 6.45) is -3.96. The highest BCUT2D eigenvalue weighted by Crippen LogP contribution is 2.42. The van der Waals surface area contributed by atoms with Crippen LogP contribution < -0.4 is 10.9 Å². The number of hydrogen-bond donors (Lipinski definition) is 2. The molecule has 1 saturated heterocycles. The van der Waals surface area contributed by atoms with Crippen LogP contribution in [-0.4, -0.2) is 46.1 Å². The van der Waals surface area contributed by atoms with E-state index in [4.69, 9.17) is 0 Å². The first-order valence-electron chi connectivity index (χ1n) is 17.1. The van der Waals surface area contributed by atoms with Gasteiger partial charge in [0.05, 0.1) is 23.6 Å². The molecule has 2 atom stereocenters. The number of pyridine rings is 1. The van der Waals surface area contributed by atoms with Crippen molar-refractivity contribution in [3.05, 3.63) is 91.4 Å². The van der Waals surface area contributed by atoms with E-state index in [1.54, 1.807) is 46.8 Å². The summed E-state index contributed by atoms with van der Waals surface area (Å²) in [7, 11) is 0. The standard InChI is InChI=1S/C38H44F7N3O4/c1-20(2)13-29(48-19-24(9-7-10-47-11-8-12-47)26(17-30(48)49)38(43,44)45)36(52)46-28(18-31(50)51)33-34(39)25(16-27(35(33)40)37(6,41)42)32-22(4)14-21(3)15-23(32)5/h14-17,19-20,28-29H,7-13,18H2,1-6H3,(H,46,52)(H,50,51)/t28-,29-/m0/s1. The molecule has 2 aromatic carbocycles. The number of likely N-dealkylation sites (tertiary alicyclic amines) is 1. The highest BCUT2D eigenvalue weighted by Gasteiger charge is 2.39. The van der Waals surface area contributed by atoms with E-state index in [1.807, 2.05) is 0 Å². The summed E-state index contributed by atoms with van der Waals surface area (Å²) >= 11 is 0. The van der Waals surface area contributed by atoms with Crippen LogP contribution in [0.1, 0.15) is 97.5 Å². The molecule has 284 valence electrons. The first-order chi connectivity index (χ1) is 24.1. The van der Waals surface area contributed by atoms with Crippen molar-refractivity contribution in [2.45, 2.75) is 97.8 Å². The number of carbonyl (C=O) groups excluding carboxylic acids is 1. The van der Waals surface area contributed by atoms with Crippen molar-refractivity contribution in [2.75, 3.05) is 19.6 Å². The van der Waals surface area contributed by atoms with Crippen LogP contribution in [0.3, 0.4) is 0 Å². The highest BCUT2D eigenvalue weighted by molar-refractivity contribution is 5.82. The number of hydrogen-bond acceptors (Lipinski definition) is 4. The van der Waals surface area contributed by atoms with Crippen molar-refractivity contribution in [2.24, 2.45) is 5.92 Å². The predicted molar refractivity (Wildman–Crippen MR) is 182 cm³/mol. The van der Waals surface area contributed by atoms with Crippen LogP contribution in [0.15, 0.2) is 35.3 Å². The van der Waals surface area contributed by atoms with Gasteiger partial charge in [-0.3, -0.25) is 14.4 Å². The molecule has 0 aliphatic carbocycles. The minimum Gasteiger partial charge on any atom is -0.481 e. The number of alkyl halides is 5. The monoisotopic (exact) mass is 739 g/mol. The second kappa shape index (κ2) is 15.8. The lowest BCUT2D eigenvalue weighted by atomic mass is 9.87. The van der Waals surface area contributed by atoms with Crippen molar-refractivity contribution in [3.8, 4) is 11.1 Å².